The van der Waals surface area contributed by atoms with Gasteiger partial charge in [0.15, 0.2) is 5.82 Å². The Morgan fingerprint density at radius 2 is 1.08 bits per heavy atom. The average Bonchev–Trinajstić information content (AvgIpc) is 4.23. The second-order valence-corrected chi connectivity index (χ2v) is 16.1. The van der Waals surface area contributed by atoms with Crippen LogP contribution in [-0.4, -0.2) is 74.5 Å². The largest absolute Gasteiger partial charge is 0.453 e. The van der Waals surface area contributed by atoms with E-state index < -0.39 is 24.3 Å². The lowest BCUT2D eigenvalue weighted by Crippen LogP contribution is -2.43. The number of nitrogens with zero attached hydrogens (tertiary/aromatic N) is 4. The molecule has 0 radical (unpaired) electrons. The summed E-state index contributed by atoms with van der Waals surface area (Å²) in [5.74, 6) is 0.679. The van der Waals surface area contributed by atoms with Crippen molar-refractivity contribution in [3.05, 3.63) is 186 Å². The van der Waals surface area contributed by atoms with E-state index >= 15 is 0 Å². The van der Waals surface area contributed by atoms with Gasteiger partial charge in [-0.15, -0.1) is 0 Å². The van der Waals surface area contributed by atoms with Gasteiger partial charge in [-0.2, -0.15) is 0 Å². The number of benzene rings is 5. The highest BCUT2D eigenvalue weighted by Crippen LogP contribution is 2.45. The number of aromatic nitrogens is 4. The number of alkyl carbamates (subject to hydrolysis) is 2. The number of likely N-dealkylation sites (tertiary alicyclic amines) is 1. The van der Waals surface area contributed by atoms with Gasteiger partial charge >= 0.3 is 12.2 Å². The zero-order chi connectivity index (χ0) is 45.6. The number of hydrogen-bond donors (Lipinski definition) is 4. The molecule has 5 aromatic carbocycles. The molecule has 0 bridgehead atoms. The molecule has 14 nitrogen and oxygen atoms in total. The lowest BCUT2D eigenvalue weighted by Gasteiger charge is -2.33. The van der Waals surface area contributed by atoms with Crippen LogP contribution in [0.4, 0.5) is 9.59 Å². The van der Waals surface area contributed by atoms with E-state index in [1.54, 1.807) is 29.4 Å². The van der Waals surface area contributed by atoms with Crippen LogP contribution in [0.15, 0.2) is 158 Å². The number of rotatable bonds is 12. The van der Waals surface area contributed by atoms with Crippen molar-refractivity contribution in [2.75, 3.05) is 20.8 Å². The molecular formula is C52H48N8O6. The molecule has 2 aromatic heterocycles. The number of hydrogen-bond acceptors (Lipinski definition) is 8. The van der Waals surface area contributed by atoms with E-state index in [4.69, 9.17) is 14.5 Å². The first-order chi connectivity index (χ1) is 32.3. The van der Waals surface area contributed by atoms with E-state index in [0.29, 0.717) is 47.9 Å². The monoisotopic (exact) mass is 880 g/mol. The third-order valence-corrected chi connectivity index (χ3v) is 12.2. The Hall–Kier alpha value is -8.26. The molecule has 2 aliphatic rings. The number of ether oxygens (including phenoxy) is 2. The van der Waals surface area contributed by atoms with E-state index in [1.165, 1.54) is 14.2 Å². The number of methoxy groups -OCH3 is 2. The van der Waals surface area contributed by atoms with E-state index in [1.807, 2.05) is 114 Å². The van der Waals surface area contributed by atoms with Crippen molar-refractivity contribution >= 4 is 29.7 Å². The topological polar surface area (TPSA) is 175 Å². The predicted molar refractivity (Wildman–Crippen MR) is 249 cm³/mol. The molecule has 332 valence electrons. The minimum atomic E-state index is -0.964. The van der Waals surface area contributed by atoms with Crippen LogP contribution in [0.25, 0.3) is 39.3 Å². The molecule has 9 rings (SSSR count). The van der Waals surface area contributed by atoms with Crippen LogP contribution in [0.2, 0.25) is 0 Å². The summed E-state index contributed by atoms with van der Waals surface area (Å²) >= 11 is 0. The van der Waals surface area contributed by atoms with Gasteiger partial charge < -0.3 is 39.9 Å². The average molecular weight is 881 g/mol. The molecule has 7 aromatic rings. The van der Waals surface area contributed by atoms with Crippen LogP contribution in [0.1, 0.15) is 71.8 Å². The predicted octanol–water partition coefficient (Wildman–Crippen LogP) is 9.31. The Balaban J connectivity index is 0.900. The summed E-state index contributed by atoms with van der Waals surface area (Å²) < 4.78 is 9.76. The molecule has 66 heavy (non-hydrogen) atoms. The fourth-order valence-corrected chi connectivity index (χ4v) is 8.86. The second-order valence-electron chi connectivity index (χ2n) is 16.1. The molecule has 0 aliphatic carbocycles. The molecule has 1 saturated heterocycles. The number of amides is 4. The summed E-state index contributed by atoms with van der Waals surface area (Å²) in [6.45, 7) is 0.452. The molecule has 0 spiro atoms. The van der Waals surface area contributed by atoms with Gasteiger partial charge in [0, 0.05) is 6.54 Å². The number of H-pyrrole nitrogens is 2. The summed E-state index contributed by atoms with van der Waals surface area (Å²) in [5.41, 5.74) is 8.48. The fraction of sp³-hybridized carbons (Fsp3) is 0.192. The van der Waals surface area contributed by atoms with Gasteiger partial charge in [-0.3, -0.25) is 9.59 Å². The minimum absolute atomic E-state index is 0.230. The number of nitrogens with one attached hydrogen (secondary N) is 4. The Morgan fingerprint density at radius 1 is 0.591 bits per heavy atom. The summed E-state index contributed by atoms with van der Waals surface area (Å²) in [4.78, 5) is 73.3. The Bertz CT molecular complexity index is 2850. The molecule has 4 amide bonds. The molecule has 1 fully saturated rings. The van der Waals surface area contributed by atoms with Gasteiger partial charge in [0.1, 0.15) is 17.9 Å². The highest BCUT2D eigenvalue weighted by Gasteiger charge is 2.43. The first kappa shape index (κ1) is 43.0. The normalized spacial score (nSPS) is 16.5. The van der Waals surface area contributed by atoms with Crippen LogP contribution in [0, 0.1) is 0 Å². The van der Waals surface area contributed by atoms with Crippen LogP contribution in [0.5, 0.6) is 0 Å². The highest BCUT2D eigenvalue weighted by atomic mass is 16.5. The van der Waals surface area contributed by atoms with Crippen molar-refractivity contribution in [2.45, 2.75) is 43.4 Å². The van der Waals surface area contributed by atoms with Crippen LogP contribution in [0.3, 0.4) is 0 Å². The van der Waals surface area contributed by atoms with Gasteiger partial charge in [-0.05, 0) is 58.2 Å². The molecule has 4 atom stereocenters. The van der Waals surface area contributed by atoms with Crippen molar-refractivity contribution in [1.82, 2.24) is 40.4 Å². The van der Waals surface area contributed by atoms with Crippen LogP contribution < -0.4 is 10.6 Å². The van der Waals surface area contributed by atoms with Gasteiger partial charge in [0.25, 0.3) is 11.8 Å². The SMILES string of the molecule is COC(=O)N[C@@H](C(=O)N1CCC=C1c1ncc(-c2ccc(-c3ccc(-c4cnc([C@@H]5CC[C@H](c6ccccc6)N5C(=O)[C@H](NC(=O)OC)c5ccccc5)[nH]4)cc3)cc2)[nH]1)c1ccccc1. The molecule has 14 heteroatoms. The van der Waals surface area contributed by atoms with Crippen molar-refractivity contribution in [2.24, 2.45) is 0 Å². The Labute approximate surface area is 381 Å². The Morgan fingerprint density at radius 3 is 1.64 bits per heavy atom. The number of carbonyl (C=O) groups excluding carboxylic acids is 4. The maximum atomic E-state index is 14.7. The summed E-state index contributed by atoms with van der Waals surface area (Å²) in [5, 5.41) is 5.47. The van der Waals surface area contributed by atoms with E-state index in [9.17, 15) is 19.2 Å². The highest BCUT2D eigenvalue weighted by molar-refractivity contribution is 5.93. The molecule has 0 unspecified atom stereocenters. The summed E-state index contributed by atoms with van der Waals surface area (Å²) in [6, 6.07) is 42.1. The van der Waals surface area contributed by atoms with Crippen LogP contribution in [-0.2, 0) is 19.1 Å². The van der Waals surface area contributed by atoms with Gasteiger partial charge in [-0.25, -0.2) is 19.6 Å². The minimum Gasteiger partial charge on any atom is -0.453 e. The summed E-state index contributed by atoms with van der Waals surface area (Å²) in [6.07, 6.45) is 6.18. The lowest BCUT2D eigenvalue weighted by molar-refractivity contribution is -0.137. The van der Waals surface area contributed by atoms with Gasteiger partial charge in [-0.1, -0.05) is 146 Å². The first-order valence-electron chi connectivity index (χ1n) is 21.8. The molecule has 4 heterocycles. The quantitative estimate of drug-likeness (QED) is 0.0940. The smallest absolute Gasteiger partial charge is 0.407 e. The van der Waals surface area contributed by atoms with Gasteiger partial charge in [0.05, 0.1) is 55.8 Å². The molecule has 4 N–H and O–H groups in total. The summed E-state index contributed by atoms with van der Waals surface area (Å²) in [7, 11) is 2.55. The number of imidazole rings is 2. The van der Waals surface area contributed by atoms with Gasteiger partial charge in [0.2, 0.25) is 0 Å². The molecule has 0 saturated carbocycles. The number of aromatic amines is 2. The van der Waals surface area contributed by atoms with Crippen molar-refractivity contribution in [3.63, 3.8) is 0 Å². The number of carbonyl (C=O) groups is 4. The van der Waals surface area contributed by atoms with Crippen LogP contribution >= 0.6 is 0 Å². The molecule has 2 aliphatic heterocycles. The van der Waals surface area contributed by atoms with E-state index in [-0.39, 0.29) is 23.9 Å². The zero-order valence-corrected chi connectivity index (χ0v) is 36.4. The maximum absolute atomic E-state index is 14.7. The van der Waals surface area contributed by atoms with E-state index in [0.717, 1.165) is 45.6 Å². The second kappa shape index (κ2) is 19.2. The lowest BCUT2D eigenvalue weighted by atomic mass is 10.0. The van der Waals surface area contributed by atoms with Crippen molar-refractivity contribution in [3.8, 4) is 33.6 Å². The van der Waals surface area contributed by atoms with Crippen molar-refractivity contribution in [1.29, 1.82) is 0 Å². The Kier molecular flexibility index (Phi) is 12.5. The molecular weight excluding hydrogens is 833 g/mol. The third-order valence-electron chi connectivity index (χ3n) is 12.2. The van der Waals surface area contributed by atoms with E-state index in [2.05, 4.69) is 49.9 Å². The third kappa shape index (κ3) is 8.93. The van der Waals surface area contributed by atoms with Crippen molar-refractivity contribution < 1.29 is 28.7 Å². The zero-order valence-electron chi connectivity index (χ0n) is 36.4. The fourth-order valence-electron chi connectivity index (χ4n) is 8.86. The maximum Gasteiger partial charge on any atom is 0.407 e. The standard InChI is InChI=1S/C52H48N8O6/c1-65-51(63)57-45(38-15-8-4-9-16-38)49(61)59-30-12-19-43(59)47-53-31-40(55-47)35-24-20-33(21-25-35)34-22-26-36(27-23-34)41-32-54-48(56-41)44-29-28-42(37-13-6-3-7-14-37)60(44)50(62)46(58-52(64)66-2)39-17-10-5-11-18-39/h3-11,13-27,31-32,42,44-46H,12,28-30H2,1-2H3,(H,53,55)(H,54,56)(H,57,63)(H,58,64)/t42-,44+,45-,46-/m1/s1. The first-order valence-corrected chi connectivity index (χ1v) is 21.8.